The standard InChI is InChI=1S/C22H22N2/c1-2-7-16(8-3-1)9-6-14-24-17-12-13-21(24)22-18-10-4-5-11-19(18)23-20(22)15-17/h1-11,17,21,23H,12-15H2/b9-6+/t17-,21+/m0/s1. The van der Waals surface area contributed by atoms with E-state index in [9.17, 15) is 0 Å². The lowest BCUT2D eigenvalue weighted by atomic mass is 9.97. The molecule has 3 aromatic rings. The first-order valence-corrected chi connectivity index (χ1v) is 8.97. The highest BCUT2D eigenvalue weighted by Crippen LogP contribution is 2.46. The molecule has 3 heterocycles. The summed E-state index contributed by atoms with van der Waals surface area (Å²) < 4.78 is 0. The smallest absolute Gasteiger partial charge is 0.0459 e. The fourth-order valence-electron chi connectivity index (χ4n) is 4.61. The number of H-pyrrole nitrogens is 1. The van der Waals surface area contributed by atoms with Gasteiger partial charge in [-0.25, -0.2) is 0 Å². The summed E-state index contributed by atoms with van der Waals surface area (Å²) in [5, 5.41) is 1.43. The minimum Gasteiger partial charge on any atom is -0.358 e. The number of nitrogens with zero attached hydrogens (tertiary/aromatic N) is 1. The third-order valence-electron chi connectivity index (χ3n) is 5.67. The van der Waals surface area contributed by atoms with Crippen molar-refractivity contribution in [1.29, 1.82) is 0 Å². The zero-order chi connectivity index (χ0) is 15.9. The second kappa shape index (κ2) is 5.64. The summed E-state index contributed by atoms with van der Waals surface area (Å²) in [5.41, 5.74) is 5.63. The molecular formula is C22H22N2. The van der Waals surface area contributed by atoms with Gasteiger partial charge in [-0.3, -0.25) is 4.90 Å². The minimum absolute atomic E-state index is 0.579. The Morgan fingerprint density at radius 3 is 2.75 bits per heavy atom. The molecule has 5 rings (SSSR count). The van der Waals surface area contributed by atoms with Crippen LogP contribution >= 0.6 is 0 Å². The van der Waals surface area contributed by atoms with Crippen molar-refractivity contribution in [1.82, 2.24) is 9.88 Å². The van der Waals surface area contributed by atoms with Crippen molar-refractivity contribution >= 4 is 17.0 Å². The second-order valence-electron chi connectivity index (χ2n) is 7.02. The molecule has 2 nitrogen and oxygen atoms in total. The van der Waals surface area contributed by atoms with E-state index in [-0.39, 0.29) is 0 Å². The van der Waals surface area contributed by atoms with E-state index in [4.69, 9.17) is 0 Å². The number of benzene rings is 2. The summed E-state index contributed by atoms with van der Waals surface area (Å²) >= 11 is 0. The second-order valence-corrected chi connectivity index (χ2v) is 7.02. The largest absolute Gasteiger partial charge is 0.358 e. The summed E-state index contributed by atoms with van der Waals surface area (Å²) in [6.45, 7) is 1.04. The first-order valence-electron chi connectivity index (χ1n) is 8.97. The quantitative estimate of drug-likeness (QED) is 0.725. The van der Waals surface area contributed by atoms with Gasteiger partial charge >= 0.3 is 0 Å². The van der Waals surface area contributed by atoms with Gasteiger partial charge in [-0.2, -0.15) is 0 Å². The van der Waals surface area contributed by atoms with E-state index in [1.54, 1.807) is 5.56 Å². The van der Waals surface area contributed by atoms with Crippen LogP contribution in [0.1, 0.15) is 35.7 Å². The Morgan fingerprint density at radius 2 is 1.83 bits per heavy atom. The first-order chi connectivity index (χ1) is 11.9. The predicted octanol–water partition coefficient (Wildman–Crippen LogP) is 4.94. The topological polar surface area (TPSA) is 19.0 Å². The molecule has 0 spiro atoms. The molecule has 2 aromatic carbocycles. The summed E-state index contributed by atoms with van der Waals surface area (Å²) in [6.07, 6.45) is 8.36. The lowest BCUT2D eigenvalue weighted by Gasteiger charge is -2.34. The van der Waals surface area contributed by atoms with Gasteiger partial charge in [-0.1, -0.05) is 60.7 Å². The zero-order valence-electron chi connectivity index (χ0n) is 13.8. The molecule has 1 saturated heterocycles. The van der Waals surface area contributed by atoms with Gasteiger partial charge in [0.1, 0.15) is 0 Å². The van der Waals surface area contributed by atoms with Crippen LogP contribution in [0.15, 0.2) is 60.7 Å². The molecule has 0 saturated carbocycles. The van der Waals surface area contributed by atoms with E-state index in [2.05, 4.69) is 76.6 Å². The molecule has 2 aliphatic heterocycles. The minimum atomic E-state index is 0.579. The maximum atomic E-state index is 3.67. The van der Waals surface area contributed by atoms with Crippen LogP contribution in [0.3, 0.4) is 0 Å². The van der Waals surface area contributed by atoms with Crippen LogP contribution in [0, 0.1) is 0 Å². The van der Waals surface area contributed by atoms with E-state index in [1.807, 2.05) is 0 Å². The van der Waals surface area contributed by atoms with Crippen molar-refractivity contribution in [2.24, 2.45) is 0 Å². The van der Waals surface area contributed by atoms with Gasteiger partial charge in [0.15, 0.2) is 0 Å². The molecule has 2 bridgehead atoms. The van der Waals surface area contributed by atoms with Gasteiger partial charge in [0, 0.05) is 41.6 Å². The van der Waals surface area contributed by atoms with Crippen molar-refractivity contribution in [2.75, 3.05) is 6.54 Å². The molecule has 0 amide bonds. The normalized spacial score (nSPS) is 23.2. The maximum absolute atomic E-state index is 3.67. The van der Waals surface area contributed by atoms with Crippen molar-refractivity contribution < 1.29 is 0 Å². The number of hydrogen-bond acceptors (Lipinski definition) is 1. The molecule has 0 radical (unpaired) electrons. The van der Waals surface area contributed by atoms with Crippen LogP contribution in [0.5, 0.6) is 0 Å². The van der Waals surface area contributed by atoms with Crippen molar-refractivity contribution in [2.45, 2.75) is 31.3 Å². The van der Waals surface area contributed by atoms with Crippen LogP contribution in [0.4, 0.5) is 0 Å². The molecule has 24 heavy (non-hydrogen) atoms. The van der Waals surface area contributed by atoms with E-state index in [0.29, 0.717) is 12.1 Å². The number of hydrogen-bond donors (Lipinski definition) is 1. The molecule has 2 aliphatic rings. The van der Waals surface area contributed by atoms with Crippen molar-refractivity contribution in [3.63, 3.8) is 0 Å². The number of para-hydroxylation sites is 1. The van der Waals surface area contributed by atoms with Gasteiger partial charge in [0.05, 0.1) is 0 Å². The lowest BCUT2D eigenvalue weighted by molar-refractivity contribution is 0.199. The van der Waals surface area contributed by atoms with Crippen LogP contribution in [0.2, 0.25) is 0 Å². The molecule has 1 N–H and O–H groups in total. The summed E-state index contributed by atoms with van der Waals surface area (Å²) in [5.74, 6) is 0. The molecule has 1 fully saturated rings. The van der Waals surface area contributed by atoms with E-state index < -0.39 is 0 Å². The van der Waals surface area contributed by atoms with Gasteiger partial charge in [-0.15, -0.1) is 0 Å². The Morgan fingerprint density at radius 1 is 1.00 bits per heavy atom. The number of rotatable bonds is 3. The van der Waals surface area contributed by atoms with Crippen molar-refractivity contribution in [3.8, 4) is 0 Å². The van der Waals surface area contributed by atoms with Crippen LogP contribution in [-0.4, -0.2) is 22.5 Å². The molecule has 120 valence electrons. The third kappa shape index (κ3) is 2.22. The summed E-state index contributed by atoms with van der Waals surface area (Å²) in [7, 11) is 0. The highest BCUT2D eigenvalue weighted by Gasteiger charge is 2.40. The Bertz CT molecular complexity index is 891. The van der Waals surface area contributed by atoms with Crippen LogP contribution in [-0.2, 0) is 6.42 Å². The summed E-state index contributed by atoms with van der Waals surface area (Å²) in [4.78, 5) is 6.39. The molecule has 0 unspecified atom stereocenters. The first kappa shape index (κ1) is 14.1. The molecular weight excluding hydrogens is 292 g/mol. The highest BCUT2D eigenvalue weighted by molar-refractivity contribution is 5.85. The van der Waals surface area contributed by atoms with E-state index in [0.717, 1.165) is 6.54 Å². The molecule has 0 aliphatic carbocycles. The number of nitrogens with one attached hydrogen (secondary N) is 1. The van der Waals surface area contributed by atoms with E-state index in [1.165, 1.54) is 41.4 Å². The fourth-order valence-corrected chi connectivity index (χ4v) is 4.61. The van der Waals surface area contributed by atoms with Crippen LogP contribution < -0.4 is 0 Å². The Balaban J connectivity index is 1.44. The highest BCUT2D eigenvalue weighted by atomic mass is 15.2. The Hall–Kier alpha value is -2.32. The van der Waals surface area contributed by atoms with Gasteiger partial charge in [0.2, 0.25) is 0 Å². The monoisotopic (exact) mass is 314 g/mol. The van der Waals surface area contributed by atoms with Crippen LogP contribution in [0.25, 0.3) is 17.0 Å². The van der Waals surface area contributed by atoms with E-state index >= 15 is 0 Å². The molecule has 2 atom stereocenters. The number of aromatic amines is 1. The average molecular weight is 314 g/mol. The number of aromatic nitrogens is 1. The Kier molecular flexibility index (Phi) is 3.30. The fraction of sp³-hybridized carbons (Fsp3) is 0.273. The third-order valence-corrected chi connectivity index (χ3v) is 5.67. The number of fused-ring (bicyclic) bond motifs is 6. The average Bonchev–Trinajstić information content (AvgIpc) is 3.12. The SMILES string of the molecule is C(=C\c1ccccc1)/CN1[C@H]2CC[C@@H]1c1c([nH]c3ccccc13)C2. The van der Waals surface area contributed by atoms with Gasteiger partial charge in [0.25, 0.3) is 0 Å². The zero-order valence-corrected chi connectivity index (χ0v) is 13.8. The molecule has 2 heteroatoms. The lowest BCUT2D eigenvalue weighted by Crippen LogP contribution is -2.37. The maximum Gasteiger partial charge on any atom is 0.0459 e. The van der Waals surface area contributed by atoms with Gasteiger partial charge in [-0.05, 0) is 30.0 Å². The van der Waals surface area contributed by atoms with Crippen molar-refractivity contribution in [3.05, 3.63) is 77.5 Å². The Labute approximate surface area is 142 Å². The van der Waals surface area contributed by atoms with Gasteiger partial charge < -0.3 is 4.98 Å². The summed E-state index contributed by atoms with van der Waals surface area (Å²) in [6, 6.07) is 20.7. The molecule has 1 aromatic heterocycles. The predicted molar refractivity (Wildman–Crippen MR) is 99.9 cm³/mol.